The minimum atomic E-state index is -4.40. The molecule has 88 heavy (non-hydrogen) atoms. The van der Waals surface area contributed by atoms with Crippen molar-refractivity contribution >= 4 is 58.4 Å². The molecule has 24 heteroatoms. The molecule has 0 spiro atoms. The summed E-state index contributed by atoms with van der Waals surface area (Å²) in [6.45, 7) is 7.68. The summed E-state index contributed by atoms with van der Waals surface area (Å²) in [5.41, 5.74) is 5.19. The first-order valence-electron chi connectivity index (χ1n) is 26.4. The van der Waals surface area contributed by atoms with Crippen LogP contribution in [0.15, 0.2) is 155 Å². The first-order valence-corrected chi connectivity index (χ1v) is 29.0. The van der Waals surface area contributed by atoms with Crippen molar-refractivity contribution in [1.29, 1.82) is 0 Å². The molecule has 3 heterocycles. The molecule has 0 unspecified atom stereocenters. The van der Waals surface area contributed by atoms with Crippen molar-refractivity contribution < 1.29 is 82.7 Å². The number of carboxylic acids is 2. The van der Waals surface area contributed by atoms with Crippen LogP contribution in [0.1, 0.15) is 78.0 Å². The fourth-order valence-electron chi connectivity index (χ4n) is 7.97. The van der Waals surface area contributed by atoms with Gasteiger partial charge in [0.15, 0.2) is 5.76 Å². The second-order valence-corrected chi connectivity index (χ2v) is 22.5. The summed E-state index contributed by atoms with van der Waals surface area (Å²) >= 11 is 4.46. The zero-order chi connectivity index (χ0) is 63.9. The Hall–Kier alpha value is -8.74. The Morgan fingerprint density at radius 2 is 1.07 bits per heavy atom. The van der Waals surface area contributed by atoms with Crippen LogP contribution < -0.4 is 9.47 Å². The number of thioether (sulfide) groups is 1. The van der Waals surface area contributed by atoms with E-state index in [4.69, 9.17) is 24.1 Å². The van der Waals surface area contributed by atoms with Crippen molar-refractivity contribution in [3.05, 3.63) is 217 Å². The van der Waals surface area contributed by atoms with Crippen molar-refractivity contribution in [2.24, 2.45) is 0 Å². The number of halogens is 9. The van der Waals surface area contributed by atoms with Gasteiger partial charge in [0.2, 0.25) is 5.89 Å². The number of alkyl halides is 9. The Morgan fingerprint density at radius 3 is 1.57 bits per heavy atom. The second-order valence-electron chi connectivity index (χ2n) is 19.3. The number of methoxy groups -OCH3 is 1. The average molecular weight is 1280 g/mol. The zero-order valence-electron chi connectivity index (χ0n) is 47.4. The molecule has 0 fully saturated rings. The molecule has 12 nitrogen and oxygen atoms in total. The SMILES string of the molecule is COC(=O)CCc1ccc(OCc2sc(-c3ccc(C(F)(F)F)cc3)nc2C)cc1.Cc1cc(OCc2oc(-c3ccc(C(F)(F)F)cc3)nc2C)ccc1C=CC(=O)O.Cc1nc(-c2ccc(C(F)(F)F)cc2)sc1CSc1ccc(CC(=O)O)cc1. The summed E-state index contributed by atoms with van der Waals surface area (Å²) in [5, 5.41) is 18.9. The number of oxazole rings is 1. The molecule has 0 aliphatic carbocycles. The maximum atomic E-state index is 12.7. The van der Waals surface area contributed by atoms with E-state index in [0.29, 0.717) is 74.9 Å². The Morgan fingerprint density at radius 1 is 0.580 bits per heavy atom. The summed E-state index contributed by atoms with van der Waals surface area (Å²) < 4.78 is 136. The predicted octanol–water partition coefficient (Wildman–Crippen LogP) is 17.5. The van der Waals surface area contributed by atoms with Crippen molar-refractivity contribution in [3.63, 3.8) is 0 Å². The van der Waals surface area contributed by atoms with Crippen LogP contribution in [0.3, 0.4) is 0 Å². The maximum Gasteiger partial charge on any atom is 0.416 e. The highest BCUT2D eigenvalue weighted by atomic mass is 32.2. The van der Waals surface area contributed by atoms with E-state index in [9.17, 15) is 53.9 Å². The lowest BCUT2D eigenvalue weighted by Gasteiger charge is -2.07. The molecule has 6 aromatic carbocycles. The van der Waals surface area contributed by atoms with Gasteiger partial charge in [-0.3, -0.25) is 9.59 Å². The van der Waals surface area contributed by atoms with Crippen LogP contribution in [0.4, 0.5) is 39.5 Å². The number of carboxylic acid groups (broad SMARTS) is 2. The third kappa shape index (κ3) is 19.6. The van der Waals surface area contributed by atoms with Gasteiger partial charge in [0.05, 0.1) is 52.2 Å². The fraction of sp³-hybridized carbons (Fsp3) is 0.219. The number of aryl methyl sites for hydroxylation is 5. The Kier molecular flexibility index (Phi) is 22.6. The van der Waals surface area contributed by atoms with E-state index in [2.05, 4.69) is 19.7 Å². The van der Waals surface area contributed by atoms with Crippen molar-refractivity contribution in [1.82, 2.24) is 15.0 Å². The number of esters is 1. The summed E-state index contributed by atoms with van der Waals surface area (Å²) in [5.74, 6) is 0.452. The average Bonchev–Trinajstić information content (AvgIpc) is 3.22. The van der Waals surface area contributed by atoms with Gasteiger partial charge in [-0.25, -0.2) is 19.7 Å². The van der Waals surface area contributed by atoms with E-state index in [1.807, 2.05) is 57.2 Å². The standard InChI is InChI=1S/C22H18F3NO4.C22H20F3NO3S.C20H16F3NO2S2/c1-13-11-18(9-5-15(13)6-10-20(27)28)29-12-19-14(2)26-21(30-19)16-3-7-17(8-4-16)22(23,24)25;1-14-19(13-29-18-10-3-15(4-11-18)5-12-20(27)28-2)30-21(26-14)16-6-8-17(9-7-16)22(23,24)25;1-12-17(11-27-16-8-2-13(3-9-16)10-18(25)26)28-19(24-12)14-4-6-15(7-5-14)20(21,22)23/h3-11H,12H2,1-2H3,(H,27,28);3-4,6-11H,5,12-13H2,1-2H3;2-9H,10-11H2,1H3,(H,25,26). The number of ether oxygens (including phenoxy) is 3. The van der Waals surface area contributed by atoms with E-state index in [1.165, 1.54) is 72.3 Å². The normalized spacial score (nSPS) is 11.6. The lowest BCUT2D eigenvalue weighted by Crippen LogP contribution is -2.03. The van der Waals surface area contributed by atoms with E-state index < -0.39 is 47.2 Å². The zero-order valence-corrected chi connectivity index (χ0v) is 49.8. The van der Waals surface area contributed by atoms with Gasteiger partial charge in [-0.15, -0.1) is 34.4 Å². The van der Waals surface area contributed by atoms with Gasteiger partial charge in [-0.1, -0.05) is 54.6 Å². The molecule has 0 radical (unpaired) electrons. The highest BCUT2D eigenvalue weighted by Crippen LogP contribution is 2.37. The summed E-state index contributed by atoms with van der Waals surface area (Å²) in [6, 6.07) is 34.6. The number of carbonyl (C=O) groups is 3. The molecule has 0 bridgehead atoms. The largest absolute Gasteiger partial charge is 0.488 e. The van der Waals surface area contributed by atoms with Crippen LogP contribution in [-0.2, 0) is 69.5 Å². The fourth-order valence-corrected chi connectivity index (χ4v) is 11.1. The third-order valence-electron chi connectivity index (χ3n) is 12.9. The van der Waals surface area contributed by atoms with E-state index >= 15 is 0 Å². The molecule has 9 rings (SSSR count). The number of nitrogens with zero attached hydrogens (tertiary/aromatic N) is 3. The molecule has 0 saturated carbocycles. The number of carbonyl (C=O) groups excluding carboxylic acids is 1. The van der Waals surface area contributed by atoms with Crippen LogP contribution in [0.2, 0.25) is 0 Å². The summed E-state index contributed by atoms with van der Waals surface area (Å²) in [4.78, 5) is 48.7. The topological polar surface area (TPSA) is 171 Å². The number of rotatable bonds is 19. The minimum Gasteiger partial charge on any atom is -0.488 e. The van der Waals surface area contributed by atoms with Crippen LogP contribution in [0, 0.1) is 27.7 Å². The summed E-state index contributed by atoms with van der Waals surface area (Å²) in [6.07, 6.45) is -9.64. The van der Waals surface area contributed by atoms with Gasteiger partial charge in [0.1, 0.15) is 34.7 Å². The number of aromatic nitrogens is 3. The van der Waals surface area contributed by atoms with Gasteiger partial charge < -0.3 is 28.8 Å². The monoisotopic (exact) mass is 1280 g/mol. The van der Waals surface area contributed by atoms with Gasteiger partial charge in [-0.05, 0) is 147 Å². The van der Waals surface area contributed by atoms with Crippen LogP contribution in [0.25, 0.3) is 38.7 Å². The Labute approximate surface area is 511 Å². The number of benzene rings is 6. The predicted molar refractivity (Wildman–Crippen MR) is 317 cm³/mol. The molecule has 0 amide bonds. The van der Waals surface area contributed by atoms with Gasteiger partial charge in [0.25, 0.3) is 0 Å². The summed E-state index contributed by atoms with van der Waals surface area (Å²) in [7, 11) is 1.36. The molecular weight excluding hydrogens is 1220 g/mol. The van der Waals surface area contributed by atoms with E-state index in [1.54, 1.807) is 49.0 Å². The molecule has 2 N–H and O–H groups in total. The van der Waals surface area contributed by atoms with E-state index in [-0.39, 0.29) is 24.9 Å². The molecular formula is C64H54F9N3O9S3. The highest BCUT2D eigenvalue weighted by molar-refractivity contribution is 7.98. The number of thiazole rings is 2. The molecule has 460 valence electrons. The van der Waals surface area contributed by atoms with Gasteiger partial charge in [0, 0.05) is 44.7 Å². The number of aliphatic carboxylic acids is 2. The first kappa shape index (κ1) is 66.8. The number of hydrogen-bond donors (Lipinski definition) is 2. The van der Waals surface area contributed by atoms with Crippen molar-refractivity contribution in [3.8, 4) is 44.1 Å². The number of hydrogen-bond acceptors (Lipinski definition) is 13. The molecule has 0 atom stereocenters. The van der Waals surface area contributed by atoms with Gasteiger partial charge in [-0.2, -0.15) is 39.5 Å². The van der Waals surface area contributed by atoms with Crippen LogP contribution in [0.5, 0.6) is 11.5 Å². The maximum absolute atomic E-state index is 12.7. The lowest BCUT2D eigenvalue weighted by atomic mass is 10.1. The third-order valence-corrected chi connectivity index (χ3v) is 16.5. The Bertz CT molecular complexity index is 3840. The van der Waals surface area contributed by atoms with Crippen molar-refractivity contribution in [2.45, 2.75) is 89.3 Å². The van der Waals surface area contributed by atoms with Gasteiger partial charge >= 0.3 is 36.4 Å². The smallest absolute Gasteiger partial charge is 0.416 e. The van der Waals surface area contributed by atoms with E-state index in [0.717, 1.165) is 90.8 Å². The molecule has 9 aromatic rings. The molecule has 0 aliphatic rings. The van der Waals surface area contributed by atoms with Crippen LogP contribution in [-0.4, -0.2) is 50.2 Å². The molecule has 0 aliphatic heterocycles. The molecule has 3 aromatic heterocycles. The second kappa shape index (κ2) is 29.8. The Balaban J connectivity index is 0.000000188. The van der Waals surface area contributed by atoms with Crippen molar-refractivity contribution in [2.75, 3.05) is 7.11 Å². The molecule has 0 saturated heterocycles. The lowest BCUT2D eigenvalue weighted by molar-refractivity contribution is -0.141. The quantitative estimate of drug-likeness (QED) is 0.0339. The first-order chi connectivity index (χ1) is 41.6. The highest BCUT2D eigenvalue weighted by Gasteiger charge is 2.32. The minimum absolute atomic E-state index is 0.00458. The van der Waals surface area contributed by atoms with Crippen LogP contribution >= 0.6 is 34.4 Å².